The lowest BCUT2D eigenvalue weighted by Crippen LogP contribution is -2.70. The van der Waals surface area contributed by atoms with Gasteiger partial charge in [0.1, 0.15) is 12.8 Å². The van der Waals surface area contributed by atoms with Gasteiger partial charge in [0.2, 0.25) is 17.7 Å². The number of aromatic amines is 1. The number of rotatable bonds is 21. The van der Waals surface area contributed by atoms with Crippen LogP contribution < -0.4 is 16.0 Å². The lowest BCUT2D eigenvalue weighted by molar-refractivity contribution is -0.235. The lowest BCUT2D eigenvalue weighted by atomic mass is 9.44. The molecule has 2 heterocycles. The number of carbonyl (C=O) groups is 7. The van der Waals surface area contributed by atoms with Gasteiger partial charge < -0.3 is 40.6 Å². The molecule has 1 saturated heterocycles. The molecule has 0 bridgehead atoms. The maximum absolute atomic E-state index is 17.8. The summed E-state index contributed by atoms with van der Waals surface area (Å²) in [6.07, 6.45) is 3.16. The van der Waals surface area contributed by atoms with Gasteiger partial charge in [-0.2, -0.15) is 11.8 Å². The summed E-state index contributed by atoms with van der Waals surface area (Å²) in [7, 11) is 0. The van der Waals surface area contributed by atoms with Crippen molar-refractivity contribution in [3.63, 3.8) is 0 Å². The summed E-state index contributed by atoms with van der Waals surface area (Å²) >= 11 is 1.38. The molecular weight excluding hydrogens is 989 g/mol. The standard InChI is InChI=1S/C56H67F2N5O11S/c1-30(18-45(67)43(22-37-27-59-29-61-37)63-49(70)15-17-60-51(72)32(3)75-6)50(71)62-31(2)44(66)21-35-9-7-8-34(20-35)19-33-10-12-36(13-11-33)52-73-48-25-39-40-24-42(57)41-23-38(65)14-16-53(41,4)55(40,58)46(68)26-54(39,5)56(48,74-52)47(69)28-64/h7-14,16,20,23,27,29-32,39-40,42-43,46,48,52,64,68H,15,17-19,21-22,24-26,28H2,1-6H3,(H,59,61)(H,60,72)(H,62,71)(H,63,70)/t30-,31+,32?,39+,40+,42+,43+,46+,48-,52-,53+,54+,55+,56-/m1/s1. The molecule has 0 spiro atoms. The van der Waals surface area contributed by atoms with Crippen LogP contribution in [0.15, 0.2) is 84.9 Å². The molecule has 0 radical (unpaired) electrons. The Morgan fingerprint density at radius 1 is 0.960 bits per heavy atom. The fraction of sp³-hybridized carbons (Fsp3) is 0.536. The highest BCUT2D eigenvalue weighted by atomic mass is 32.2. The predicted molar refractivity (Wildman–Crippen MR) is 273 cm³/mol. The third kappa shape index (κ3) is 10.5. The van der Waals surface area contributed by atoms with Crippen molar-refractivity contribution in [1.82, 2.24) is 25.9 Å². The normalized spacial score (nSPS) is 31.1. The molecule has 8 rings (SSSR count). The summed E-state index contributed by atoms with van der Waals surface area (Å²) < 4.78 is 47.0. The van der Waals surface area contributed by atoms with Crippen LogP contribution in [0.25, 0.3) is 0 Å². The number of amides is 3. The van der Waals surface area contributed by atoms with E-state index < -0.39 is 107 Å². The number of carbonyl (C=O) groups excluding carboxylic acids is 7. The van der Waals surface area contributed by atoms with Crippen molar-refractivity contribution in [3.8, 4) is 0 Å². The quantitative estimate of drug-likeness (QED) is 0.0838. The van der Waals surface area contributed by atoms with Gasteiger partial charge in [-0.15, -0.1) is 0 Å². The summed E-state index contributed by atoms with van der Waals surface area (Å²) in [6, 6.07) is 13.0. The van der Waals surface area contributed by atoms with Gasteiger partial charge in [0.05, 0.1) is 35.9 Å². The number of aromatic nitrogens is 2. The van der Waals surface area contributed by atoms with E-state index in [1.807, 2.05) is 42.7 Å². The van der Waals surface area contributed by atoms with Crippen molar-refractivity contribution in [2.24, 2.45) is 28.6 Å². The van der Waals surface area contributed by atoms with Gasteiger partial charge in [0, 0.05) is 72.3 Å². The van der Waals surface area contributed by atoms with Gasteiger partial charge in [-0.1, -0.05) is 68.5 Å². The first kappa shape index (κ1) is 55.5. The number of H-pyrrole nitrogens is 1. The number of alkyl halides is 2. The van der Waals surface area contributed by atoms with E-state index in [2.05, 4.69) is 25.9 Å². The Labute approximate surface area is 439 Å². The molecule has 1 aliphatic heterocycles. The minimum absolute atomic E-state index is 0.00150. The molecule has 1 aromatic heterocycles. The van der Waals surface area contributed by atoms with Crippen LogP contribution in [0.5, 0.6) is 0 Å². The zero-order valence-electron chi connectivity index (χ0n) is 43.0. The molecule has 2 aromatic carbocycles. The summed E-state index contributed by atoms with van der Waals surface area (Å²) in [5.41, 5.74) is -3.26. The number of thioether (sulfide) groups is 1. The molecule has 4 aliphatic carbocycles. The lowest BCUT2D eigenvalue weighted by Gasteiger charge is -2.63. The van der Waals surface area contributed by atoms with Crippen LogP contribution in [0.1, 0.15) is 101 Å². The van der Waals surface area contributed by atoms with Gasteiger partial charge in [-0.25, -0.2) is 13.8 Å². The number of ketones is 4. The fourth-order valence-corrected chi connectivity index (χ4v) is 12.9. The van der Waals surface area contributed by atoms with E-state index >= 15 is 8.78 Å². The zero-order valence-corrected chi connectivity index (χ0v) is 43.8. The highest BCUT2D eigenvalue weighted by Gasteiger charge is 2.80. The van der Waals surface area contributed by atoms with Crippen LogP contribution >= 0.6 is 11.8 Å². The highest BCUT2D eigenvalue weighted by Crippen LogP contribution is 2.72. The summed E-state index contributed by atoms with van der Waals surface area (Å²) in [5, 5.41) is 30.1. The average Bonchev–Trinajstić information content (AvgIpc) is 4.32. The smallest absolute Gasteiger partial charge is 0.232 e. The number of nitrogens with zero attached hydrogens (tertiary/aromatic N) is 1. The van der Waals surface area contributed by atoms with Crippen molar-refractivity contribution in [3.05, 3.63) is 113 Å². The van der Waals surface area contributed by atoms with Crippen LogP contribution in [0.2, 0.25) is 0 Å². The SMILES string of the molecule is CSC(C)C(=O)NCCC(=O)N[C@@H](Cc1cnc[nH]1)C(=O)C[C@@H](C)C(=O)N[C@@H](C)C(=O)Cc1cccc(Cc2ccc([C@@H]3O[C@@H]4C[C@H]5[C@@H]6C[C@H](F)C7=CC(=O)C=C[C@]7(C)[C@@]6(F)[C@@H](O)C[C@]5(C)[C@]4(C(=O)CO)O3)cc2)c1. The molecule has 5 aliphatic rings. The number of hydrogen-bond donors (Lipinski definition) is 6. The fourth-order valence-electron chi connectivity index (χ4n) is 12.6. The molecule has 3 saturated carbocycles. The third-order valence-electron chi connectivity index (χ3n) is 16.8. The van der Waals surface area contributed by atoms with E-state index in [9.17, 15) is 43.8 Å². The van der Waals surface area contributed by atoms with Gasteiger partial charge in [0.25, 0.3) is 0 Å². The molecular formula is C56H67F2N5O11S. The minimum atomic E-state index is -2.36. The molecule has 402 valence electrons. The number of ether oxygens (including phenoxy) is 2. The maximum atomic E-state index is 17.8. The molecule has 75 heavy (non-hydrogen) atoms. The van der Waals surface area contributed by atoms with E-state index in [1.54, 1.807) is 39.8 Å². The maximum Gasteiger partial charge on any atom is 0.232 e. The van der Waals surface area contributed by atoms with Crippen LogP contribution in [-0.4, -0.2) is 127 Å². The monoisotopic (exact) mass is 1060 g/mol. The average molecular weight is 1060 g/mol. The van der Waals surface area contributed by atoms with E-state index in [-0.39, 0.29) is 79.8 Å². The largest absolute Gasteiger partial charge is 0.390 e. The number of imidazole rings is 1. The number of benzene rings is 2. The molecule has 19 heteroatoms. The first-order valence-electron chi connectivity index (χ1n) is 25.6. The molecule has 14 atom stereocenters. The van der Waals surface area contributed by atoms with E-state index in [0.717, 1.165) is 22.8 Å². The van der Waals surface area contributed by atoms with Crippen LogP contribution in [0.3, 0.4) is 0 Å². The second-order valence-electron chi connectivity index (χ2n) is 21.5. The Bertz CT molecular complexity index is 2760. The molecule has 4 fully saturated rings. The predicted octanol–water partition coefficient (Wildman–Crippen LogP) is 4.84. The summed E-state index contributed by atoms with van der Waals surface area (Å²) in [4.78, 5) is 98.5. The molecule has 6 N–H and O–H groups in total. The Morgan fingerprint density at radius 2 is 1.69 bits per heavy atom. The molecule has 16 nitrogen and oxygen atoms in total. The third-order valence-corrected chi connectivity index (χ3v) is 17.8. The first-order valence-corrected chi connectivity index (χ1v) is 26.9. The zero-order chi connectivity index (χ0) is 54.2. The summed E-state index contributed by atoms with van der Waals surface area (Å²) in [6.45, 7) is 7.37. The second kappa shape index (κ2) is 22.1. The summed E-state index contributed by atoms with van der Waals surface area (Å²) in [5.74, 6) is -5.44. The molecule has 1 unspecified atom stereocenters. The van der Waals surface area contributed by atoms with Crippen LogP contribution in [0, 0.1) is 28.6 Å². The van der Waals surface area contributed by atoms with Crippen LogP contribution in [0.4, 0.5) is 8.78 Å². The first-order chi connectivity index (χ1) is 35.6. The second-order valence-corrected chi connectivity index (χ2v) is 22.7. The number of fused-ring (bicyclic) bond motifs is 7. The number of nitrogens with one attached hydrogen (secondary N) is 4. The van der Waals surface area contributed by atoms with Crippen molar-refractivity contribution in [2.75, 3.05) is 19.4 Å². The highest BCUT2D eigenvalue weighted by molar-refractivity contribution is 7.99. The molecule has 3 aromatic rings. The molecule has 3 amide bonds. The van der Waals surface area contributed by atoms with E-state index in [4.69, 9.17) is 9.47 Å². The van der Waals surface area contributed by atoms with E-state index in [1.165, 1.54) is 43.4 Å². The van der Waals surface area contributed by atoms with Crippen molar-refractivity contribution < 1.29 is 62.0 Å². The van der Waals surface area contributed by atoms with Crippen molar-refractivity contribution in [2.45, 2.75) is 139 Å². The Morgan fingerprint density at radius 3 is 2.39 bits per heavy atom. The topological polar surface area (TPSA) is 243 Å². The number of halogens is 2. The minimum Gasteiger partial charge on any atom is -0.390 e. The Kier molecular flexibility index (Phi) is 16.3. The van der Waals surface area contributed by atoms with Gasteiger partial charge >= 0.3 is 0 Å². The number of aliphatic hydroxyl groups is 2. The number of aliphatic hydroxyl groups excluding tert-OH is 2. The Hall–Kier alpha value is -5.73. The van der Waals surface area contributed by atoms with Crippen molar-refractivity contribution in [1.29, 1.82) is 0 Å². The van der Waals surface area contributed by atoms with Crippen molar-refractivity contribution >= 4 is 52.6 Å². The van der Waals surface area contributed by atoms with Gasteiger partial charge in [-0.05, 0) is 93.0 Å². The Balaban J connectivity index is 0.858. The van der Waals surface area contributed by atoms with Crippen LogP contribution in [-0.2, 0) is 62.3 Å². The number of Topliss-reactive ketones (excluding diaryl/α,β-unsaturated/α-hetero) is 3. The van der Waals surface area contributed by atoms with Gasteiger partial charge in [-0.3, -0.25) is 33.6 Å². The van der Waals surface area contributed by atoms with E-state index in [0.29, 0.717) is 17.7 Å². The number of allylic oxidation sites excluding steroid dienone is 4. The van der Waals surface area contributed by atoms with Gasteiger partial charge in [0.15, 0.2) is 40.7 Å². The number of hydrogen-bond acceptors (Lipinski definition) is 13.